The van der Waals surface area contributed by atoms with E-state index in [-0.39, 0.29) is 61.0 Å². The number of nitrogens with one attached hydrogen (secondary N) is 1. The second-order valence-electron chi connectivity index (χ2n) is 11.6. The maximum atomic E-state index is 15.4. The zero-order chi connectivity index (χ0) is 31.7. The number of ether oxygens (including phenoxy) is 1. The number of amides is 3. The van der Waals surface area contributed by atoms with Crippen LogP contribution in [0.1, 0.15) is 64.2 Å². The van der Waals surface area contributed by atoms with Crippen molar-refractivity contribution in [3.63, 3.8) is 0 Å². The number of hydrogen-bond donors (Lipinski definition) is 2. The molecule has 1 unspecified atom stereocenters. The number of rotatable bonds is 8. The van der Waals surface area contributed by atoms with Crippen LogP contribution in [0.3, 0.4) is 0 Å². The third-order valence-corrected chi connectivity index (χ3v) is 9.04. The number of halogens is 2. The summed E-state index contributed by atoms with van der Waals surface area (Å²) in [6.45, 7) is 1.55. The van der Waals surface area contributed by atoms with E-state index in [0.717, 1.165) is 18.4 Å². The molecule has 3 amide bonds. The highest BCUT2D eigenvalue weighted by atomic mass is 19.1. The summed E-state index contributed by atoms with van der Waals surface area (Å²) >= 11 is 0. The molecular formula is C33H32F2N6O4. The molecule has 3 aliphatic heterocycles. The van der Waals surface area contributed by atoms with Gasteiger partial charge in [-0.15, -0.1) is 0 Å². The van der Waals surface area contributed by atoms with E-state index in [1.165, 1.54) is 23.2 Å². The highest BCUT2D eigenvalue weighted by Crippen LogP contribution is 2.36. The second-order valence-corrected chi connectivity index (χ2v) is 11.6. The van der Waals surface area contributed by atoms with Crippen molar-refractivity contribution in [2.45, 2.75) is 50.8 Å². The van der Waals surface area contributed by atoms with E-state index in [0.29, 0.717) is 42.1 Å². The van der Waals surface area contributed by atoms with E-state index >= 15 is 4.39 Å². The number of nitriles is 1. The zero-order valence-corrected chi connectivity index (χ0v) is 24.5. The summed E-state index contributed by atoms with van der Waals surface area (Å²) in [5, 5.41) is 11.3. The molecule has 2 aromatic carbocycles. The van der Waals surface area contributed by atoms with Crippen molar-refractivity contribution in [1.82, 2.24) is 15.2 Å². The fraction of sp³-hybridized carbons (Fsp3) is 0.364. The van der Waals surface area contributed by atoms with Crippen LogP contribution in [0.2, 0.25) is 0 Å². The molecule has 10 nitrogen and oxygen atoms in total. The molecule has 0 saturated carbocycles. The molecule has 2 fully saturated rings. The number of imide groups is 1. The Hall–Kier alpha value is -4.89. The van der Waals surface area contributed by atoms with Crippen molar-refractivity contribution in [1.29, 1.82) is 5.26 Å². The van der Waals surface area contributed by atoms with Gasteiger partial charge in [0.15, 0.2) is 11.6 Å². The Morgan fingerprint density at radius 1 is 1.09 bits per heavy atom. The minimum atomic E-state index is -0.739. The van der Waals surface area contributed by atoms with Gasteiger partial charge in [-0.2, -0.15) is 5.26 Å². The number of fused-ring (bicyclic) bond motifs is 1. The Bertz CT molecular complexity index is 1700. The molecule has 45 heavy (non-hydrogen) atoms. The molecule has 0 spiro atoms. The van der Waals surface area contributed by atoms with Crippen LogP contribution in [-0.2, 0) is 22.7 Å². The summed E-state index contributed by atoms with van der Waals surface area (Å²) in [4.78, 5) is 44.5. The van der Waals surface area contributed by atoms with Gasteiger partial charge in [-0.3, -0.25) is 19.7 Å². The molecule has 0 aliphatic carbocycles. The van der Waals surface area contributed by atoms with Crippen LogP contribution in [0.4, 0.5) is 14.6 Å². The number of piperidine rings is 2. The number of carbonyl (C=O) groups excluding carboxylic acids is 3. The van der Waals surface area contributed by atoms with Gasteiger partial charge in [0.2, 0.25) is 11.8 Å². The molecule has 4 heterocycles. The van der Waals surface area contributed by atoms with E-state index < -0.39 is 23.6 Å². The second kappa shape index (κ2) is 12.6. The SMILES string of the molecule is N#Cc1cnc(N2CCC(C(CN)c3ccc(COc4cccc5c4CN([C@H]4CCC(=O)NC4=O)C5=O)c(F)c3)CC2)c(F)c1. The van der Waals surface area contributed by atoms with E-state index in [1.54, 1.807) is 24.3 Å². The van der Waals surface area contributed by atoms with Gasteiger partial charge in [-0.1, -0.05) is 18.2 Å². The number of anilines is 1. The number of carbonyl (C=O) groups is 3. The Labute approximate surface area is 258 Å². The third-order valence-electron chi connectivity index (χ3n) is 9.04. The first kappa shape index (κ1) is 30.1. The first-order chi connectivity index (χ1) is 21.8. The van der Waals surface area contributed by atoms with Crippen LogP contribution in [0, 0.1) is 28.9 Å². The monoisotopic (exact) mass is 614 g/mol. The van der Waals surface area contributed by atoms with E-state index in [2.05, 4.69) is 10.3 Å². The zero-order valence-electron chi connectivity index (χ0n) is 24.5. The van der Waals surface area contributed by atoms with Crippen LogP contribution >= 0.6 is 0 Å². The normalized spacial score (nSPS) is 19.2. The number of nitrogens with two attached hydrogens (primary N) is 1. The predicted octanol–water partition coefficient (Wildman–Crippen LogP) is 3.53. The molecule has 12 heteroatoms. The van der Waals surface area contributed by atoms with Gasteiger partial charge in [0.1, 0.15) is 30.3 Å². The number of nitrogens with zero attached hydrogens (tertiary/aromatic N) is 4. The maximum Gasteiger partial charge on any atom is 0.255 e. The highest BCUT2D eigenvalue weighted by molar-refractivity contribution is 6.05. The molecule has 3 N–H and O–H groups in total. The lowest BCUT2D eigenvalue weighted by molar-refractivity contribution is -0.136. The lowest BCUT2D eigenvalue weighted by Crippen LogP contribution is -2.52. The van der Waals surface area contributed by atoms with E-state index in [4.69, 9.17) is 15.7 Å². The minimum absolute atomic E-state index is 0.0655. The molecule has 232 valence electrons. The summed E-state index contributed by atoms with van der Waals surface area (Å²) in [7, 11) is 0. The largest absolute Gasteiger partial charge is 0.488 e. The van der Waals surface area contributed by atoms with Gasteiger partial charge in [-0.05, 0) is 67.5 Å². The molecule has 6 rings (SSSR count). The lowest BCUT2D eigenvalue weighted by Gasteiger charge is -2.36. The highest BCUT2D eigenvalue weighted by Gasteiger charge is 2.40. The van der Waals surface area contributed by atoms with Crippen LogP contribution in [0.5, 0.6) is 5.75 Å². The number of benzene rings is 2. The Morgan fingerprint density at radius 3 is 2.58 bits per heavy atom. The first-order valence-corrected chi connectivity index (χ1v) is 15.0. The van der Waals surface area contributed by atoms with Crippen LogP contribution in [-0.4, -0.2) is 53.3 Å². The van der Waals surface area contributed by atoms with Gasteiger partial charge in [0, 0.05) is 42.4 Å². The number of aromatic nitrogens is 1. The van der Waals surface area contributed by atoms with Crippen LogP contribution in [0.15, 0.2) is 48.7 Å². The quantitative estimate of drug-likeness (QED) is 0.367. The summed E-state index contributed by atoms with van der Waals surface area (Å²) < 4.78 is 35.9. The van der Waals surface area contributed by atoms with Crippen molar-refractivity contribution in [2.75, 3.05) is 24.5 Å². The lowest BCUT2D eigenvalue weighted by atomic mass is 9.80. The van der Waals surface area contributed by atoms with Crippen molar-refractivity contribution >= 4 is 23.5 Å². The van der Waals surface area contributed by atoms with Gasteiger partial charge >= 0.3 is 0 Å². The van der Waals surface area contributed by atoms with Crippen molar-refractivity contribution < 1.29 is 27.9 Å². The van der Waals surface area contributed by atoms with Crippen molar-refractivity contribution in [3.05, 3.63) is 88.1 Å². The van der Waals surface area contributed by atoms with Gasteiger partial charge in [-0.25, -0.2) is 13.8 Å². The molecule has 3 aliphatic rings. The van der Waals surface area contributed by atoms with Crippen molar-refractivity contribution in [3.8, 4) is 11.8 Å². The fourth-order valence-electron chi connectivity index (χ4n) is 6.60. The fourth-order valence-corrected chi connectivity index (χ4v) is 6.60. The Morgan fingerprint density at radius 2 is 1.89 bits per heavy atom. The Balaban J connectivity index is 1.09. The summed E-state index contributed by atoms with van der Waals surface area (Å²) in [5.74, 6) is -1.36. The van der Waals surface area contributed by atoms with Gasteiger partial charge in [0.05, 0.1) is 12.1 Å². The number of hydrogen-bond acceptors (Lipinski definition) is 8. The molecule has 2 saturated heterocycles. The predicted molar refractivity (Wildman–Crippen MR) is 159 cm³/mol. The standard InChI is InChI=1S/C33H32F2N6O4/c34-26-13-21(24(15-37)20-8-10-40(11-9-20)31-27(35)12-19(14-36)16-38-31)4-5-22(26)18-45-29-3-1-2-23-25(29)17-41(33(23)44)28-6-7-30(42)39-32(28)43/h1-5,12-13,16,20,24,28H,6-11,15,17-18,37H2,(H,39,42,43)/t24?,28-/m0/s1. The molecule has 0 radical (unpaired) electrons. The smallest absolute Gasteiger partial charge is 0.255 e. The summed E-state index contributed by atoms with van der Waals surface area (Å²) in [6.07, 6.45) is 3.23. The molecular weight excluding hydrogens is 582 g/mol. The molecule has 3 aromatic rings. The number of pyridine rings is 1. The van der Waals surface area contributed by atoms with Crippen molar-refractivity contribution in [2.24, 2.45) is 11.7 Å². The summed E-state index contributed by atoms with van der Waals surface area (Å²) in [6, 6.07) is 12.4. The average Bonchev–Trinajstić information content (AvgIpc) is 3.37. The maximum absolute atomic E-state index is 15.4. The average molecular weight is 615 g/mol. The first-order valence-electron chi connectivity index (χ1n) is 15.0. The van der Waals surface area contributed by atoms with Crippen LogP contribution in [0.25, 0.3) is 0 Å². The minimum Gasteiger partial charge on any atom is -0.488 e. The third kappa shape index (κ3) is 5.95. The van der Waals surface area contributed by atoms with Crippen LogP contribution < -0.4 is 20.7 Å². The summed E-state index contributed by atoms with van der Waals surface area (Å²) in [5.41, 5.74) is 8.50. The van der Waals surface area contributed by atoms with E-state index in [9.17, 15) is 18.8 Å². The Kier molecular flexibility index (Phi) is 8.45. The molecule has 2 atom stereocenters. The molecule has 0 bridgehead atoms. The van der Waals surface area contributed by atoms with Gasteiger partial charge in [0.25, 0.3) is 5.91 Å². The molecule has 1 aromatic heterocycles. The van der Waals surface area contributed by atoms with E-state index in [1.807, 2.05) is 17.0 Å². The van der Waals surface area contributed by atoms with Gasteiger partial charge < -0.3 is 20.3 Å². The topological polar surface area (TPSA) is 142 Å².